The number of nitrogens with zero attached hydrogens (tertiary/aromatic N) is 2. The molecular formula is C32H36N4O4S. The Balaban J connectivity index is 1.31. The molecule has 1 saturated heterocycles. The summed E-state index contributed by atoms with van der Waals surface area (Å²) < 4.78 is 34.7. The molecule has 9 heteroatoms. The van der Waals surface area contributed by atoms with Crippen molar-refractivity contribution in [2.24, 2.45) is 10.9 Å². The molecule has 3 aromatic rings. The Bertz CT molecular complexity index is 1540. The summed E-state index contributed by atoms with van der Waals surface area (Å²) in [6.07, 6.45) is 2.52. The first-order valence-corrected chi connectivity index (χ1v) is 15.8. The number of aliphatic imine (C=N–C) groups is 1. The molecule has 2 aliphatic heterocycles. The number of hydrogen-bond donors (Lipinski definition) is 2. The smallest absolute Gasteiger partial charge is 0.240 e. The normalized spacial score (nSPS) is 23.3. The van der Waals surface area contributed by atoms with Crippen molar-refractivity contribution >= 4 is 33.0 Å². The van der Waals surface area contributed by atoms with E-state index < -0.39 is 15.9 Å². The van der Waals surface area contributed by atoms with Crippen molar-refractivity contribution in [1.82, 2.24) is 9.62 Å². The number of rotatable bonds is 9. The Hall–Kier alpha value is -3.37. The molecule has 2 heterocycles. The van der Waals surface area contributed by atoms with Gasteiger partial charge in [0.2, 0.25) is 15.9 Å². The highest BCUT2D eigenvalue weighted by atomic mass is 32.2. The molecule has 8 nitrogen and oxygen atoms in total. The molecular weight excluding hydrogens is 536 g/mol. The summed E-state index contributed by atoms with van der Waals surface area (Å²) in [5, 5.41) is 2.93. The van der Waals surface area contributed by atoms with Crippen molar-refractivity contribution in [3.8, 4) is 0 Å². The second kappa shape index (κ2) is 11.5. The fourth-order valence-corrected chi connectivity index (χ4v) is 6.85. The minimum atomic E-state index is -3.69. The number of carbonyl (C=O) groups excluding carboxylic acids is 1. The zero-order valence-electron chi connectivity index (χ0n) is 23.4. The van der Waals surface area contributed by atoms with Crippen LogP contribution in [0.15, 0.2) is 82.7 Å². The Kier molecular flexibility index (Phi) is 7.78. The number of amides is 1. The molecule has 3 atom stereocenters. The SMILES string of the molecule is C[C@@H]1CN(Cc2ccc(N=C(c3ccccc3)C3C(=O)Nc4ccc(S(=O)(=O)NCC5CC5)cc43)cc2)C[C@H](C)O1. The van der Waals surface area contributed by atoms with E-state index in [-0.39, 0.29) is 23.0 Å². The first kappa shape index (κ1) is 27.8. The molecule has 1 amide bonds. The fraction of sp³-hybridized carbons (Fsp3) is 0.375. The van der Waals surface area contributed by atoms with Gasteiger partial charge in [-0.2, -0.15) is 0 Å². The van der Waals surface area contributed by atoms with Gasteiger partial charge in [0.15, 0.2) is 0 Å². The number of hydrogen-bond acceptors (Lipinski definition) is 6. The van der Waals surface area contributed by atoms with Gasteiger partial charge in [-0.25, -0.2) is 13.1 Å². The predicted molar refractivity (Wildman–Crippen MR) is 160 cm³/mol. The summed E-state index contributed by atoms with van der Waals surface area (Å²) in [6.45, 7) is 7.27. The standard InChI is InChI=1S/C32H36N4O4S/c1-21-18-36(19-22(2)40-21)20-24-10-12-26(13-11-24)34-31(25-6-4-3-5-7-25)30-28-16-27(14-15-29(28)35-32(30)37)41(38,39)33-17-23-8-9-23/h3-7,10-16,21-23,30,33H,8-9,17-20H2,1-2H3,(H,35,37)/t21-,22+,30?. The number of anilines is 1. The maximum absolute atomic E-state index is 13.4. The van der Waals surface area contributed by atoms with Crippen LogP contribution in [0.2, 0.25) is 0 Å². The lowest BCUT2D eigenvalue weighted by atomic mass is 9.90. The number of benzene rings is 3. The van der Waals surface area contributed by atoms with E-state index in [1.54, 1.807) is 18.2 Å². The summed E-state index contributed by atoms with van der Waals surface area (Å²) in [5.41, 5.74) is 4.51. The van der Waals surface area contributed by atoms with Crippen LogP contribution in [0.1, 0.15) is 49.3 Å². The average molecular weight is 573 g/mol. The molecule has 214 valence electrons. The van der Waals surface area contributed by atoms with E-state index in [1.807, 2.05) is 42.5 Å². The largest absolute Gasteiger partial charge is 0.373 e. The van der Waals surface area contributed by atoms with Crippen molar-refractivity contribution in [3.05, 3.63) is 89.5 Å². The van der Waals surface area contributed by atoms with E-state index in [0.29, 0.717) is 29.4 Å². The summed E-state index contributed by atoms with van der Waals surface area (Å²) in [5.74, 6) is -0.559. The second-order valence-corrected chi connectivity index (χ2v) is 13.2. The molecule has 41 heavy (non-hydrogen) atoms. The molecule has 6 rings (SSSR count). The average Bonchev–Trinajstić information content (AvgIpc) is 3.72. The summed E-state index contributed by atoms with van der Waals surface area (Å²) >= 11 is 0. The van der Waals surface area contributed by atoms with Crippen LogP contribution in [0.3, 0.4) is 0 Å². The van der Waals surface area contributed by atoms with Gasteiger partial charge in [-0.05, 0) is 79.6 Å². The molecule has 0 radical (unpaired) electrons. The van der Waals surface area contributed by atoms with E-state index >= 15 is 0 Å². The molecule has 0 aromatic heterocycles. The molecule has 0 spiro atoms. The van der Waals surface area contributed by atoms with Crippen LogP contribution in [0, 0.1) is 5.92 Å². The highest BCUT2D eigenvalue weighted by Crippen LogP contribution is 2.38. The lowest BCUT2D eigenvalue weighted by Crippen LogP contribution is -2.44. The van der Waals surface area contributed by atoms with Gasteiger partial charge in [-0.15, -0.1) is 0 Å². The van der Waals surface area contributed by atoms with Gasteiger partial charge in [0.25, 0.3) is 0 Å². The van der Waals surface area contributed by atoms with E-state index in [4.69, 9.17) is 9.73 Å². The molecule has 1 unspecified atom stereocenters. The van der Waals surface area contributed by atoms with Crippen LogP contribution >= 0.6 is 0 Å². The maximum atomic E-state index is 13.4. The number of nitrogens with one attached hydrogen (secondary N) is 2. The quantitative estimate of drug-likeness (QED) is 0.358. The zero-order chi connectivity index (χ0) is 28.6. The monoisotopic (exact) mass is 572 g/mol. The highest BCUT2D eigenvalue weighted by Gasteiger charge is 2.37. The van der Waals surface area contributed by atoms with Gasteiger partial charge in [-0.3, -0.25) is 14.7 Å². The van der Waals surface area contributed by atoms with E-state index in [2.05, 4.69) is 40.9 Å². The van der Waals surface area contributed by atoms with Crippen molar-refractivity contribution in [2.45, 2.75) is 56.3 Å². The molecule has 2 fully saturated rings. The predicted octanol–water partition coefficient (Wildman–Crippen LogP) is 4.84. The van der Waals surface area contributed by atoms with E-state index in [0.717, 1.165) is 43.7 Å². The van der Waals surface area contributed by atoms with Gasteiger partial charge >= 0.3 is 0 Å². The number of sulfonamides is 1. The lowest BCUT2D eigenvalue weighted by molar-refractivity contribution is -0.115. The Morgan fingerprint density at radius 3 is 2.39 bits per heavy atom. The van der Waals surface area contributed by atoms with Gasteiger partial charge < -0.3 is 10.1 Å². The molecule has 3 aromatic carbocycles. The number of fused-ring (bicyclic) bond motifs is 1. The van der Waals surface area contributed by atoms with Gasteiger partial charge in [0.05, 0.1) is 28.5 Å². The summed E-state index contributed by atoms with van der Waals surface area (Å²) in [6, 6.07) is 22.5. The van der Waals surface area contributed by atoms with Gasteiger partial charge in [0, 0.05) is 31.9 Å². The van der Waals surface area contributed by atoms with Crippen LogP contribution in [0.25, 0.3) is 0 Å². The van der Waals surface area contributed by atoms with Gasteiger partial charge in [-0.1, -0.05) is 42.5 Å². The third-order valence-electron chi connectivity index (χ3n) is 7.85. The van der Waals surface area contributed by atoms with Crippen molar-refractivity contribution in [2.75, 3.05) is 25.0 Å². The van der Waals surface area contributed by atoms with Crippen molar-refractivity contribution in [1.29, 1.82) is 0 Å². The highest BCUT2D eigenvalue weighted by molar-refractivity contribution is 7.89. The van der Waals surface area contributed by atoms with Crippen molar-refractivity contribution in [3.63, 3.8) is 0 Å². The molecule has 1 saturated carbocycles. The molecule has 3 aliphatic rings. The molecule has 1 aliphatic carbocycles. The third kappa shape index (κ3) is 6.43. The second-order valence-electron chi connectivity index (χ2n) is 11.4. The van der Waals surface area contributed by atoms with E-state index in [1.165, 1.54) is 5.56 Å². The van der Waals surface area contributed by atoms with E-state index in [9.17, 15) is 13.2 Å². The van der Waals surface area contributed by atoms with Crippen LogP contribution in [0.4, 0.5) is 11.4 Å². The Morgan fingerprint density at radius 1 is 1.00 bits per heavy atom. The summed E-state index contributed by atoms with van der Waals surface area (Å²) in [4.78, 5) is 20.9. The molecule has 2 N–H and O–H groups in total. The van der Waals surface area contributed by atoms with Crippen molar-refractivity contribution < 1.29 is 17.9 Å². The maximum Gasteiger partial charge on any atom is 0.240 e. The topological polar surface area (TPSA) is 100 Å². The Morgan fingerprint density at radius 2 is 1.71 bits per heavy atom. The minimum Gasteiger partial charge on any atom is -0.373 e. The minimum absolute atomic E-state index is 0.155. The first-order chi connectivity index (χ1) is 19.7. The van der Waals surface area contributed by atoms with Crippen LogP contribution < -0.4 is 10.0 Å². The van der Waals surface area contributed by atoms with Crippen LogP contribution in [-0.4, -0.2) is 56.8 Å². The third-order valence-corrected chi connectivity index (χ3v) is 9.27. The fourth-order valence-electron chi connectivity index (χ4n) is 5.70. The number of carbonyl (C=O) groups is 1. The van der Waals surface area contributed by atoms with Gasteiger partial charge in [0.1, 0.15) is 5.92 Å². The van der Waals surface area contributed by atoms with Crippen LogP contribution in [-0.2, 0) is 26.1 Å². The first-order valence-electron chi connectivity index (χ1n) is 14.3. The zero-order valence-corrected chi connectivity index (χ0v) is 24.2. The van der Waals surface area contributed by atoms with Crippen LogP contribution in [0.5, 0.6) is 0 Å². The lowest BCUT2D eigenvalue weighted by Gasteiger charge is -2.35. The summed E-state index contributed by atoms with van der Waals surface area (Å²) in [7, 11) is -3.69. The number of ether oxygens (including phenoxy) is 1. The molecule has 0 bridgehead atoms. The number of morpholine rings is 1. The Labute approximate surface area is 241 Å².